The van der Waals surface area contributed by atoms with Crippen molar-refractivity contribution < 1.29 is 9.50 Å². The number of aliphatic hydroxyl groups excluding tert-OH is 1. The Labute approximate surface area is 88.0 Å². The summed E-state index contributed by atoms with van der Waals surface area (Å²) < 4.78 is 15.0. The zero-order valence-corrected chi connectivity index (χ0v) is 8.87. The first kappa shape index (κ1) is 10.2. The van der Waals surface area contributed by atoms with E-state index in [2.05, 4.69) is 0 Å². The van der Waals surface area contributed by atoms with Crippen LogP contribution in [0.2, 0.25) is 0 Å². The summed E-state index contributed by atoms with van der Waals surface area (Å²) in [7, 11) is 1.93. The summed E-state index contributed by atoms with van der Waals surface area (Å²) in [5.74, 6) is -0.151. The standard InChI is InChI=1S/C12H14FNO/c1-8(7-15)12-6-9-5-10(13)3-4-11(9)14(12)2/h3-6,8,15H,7H2,1-2H3. The number of aromatic nitrogens is 1. The van der Waals surface area contributed by atoms with Crippen molar-refractivity contribution in [3.8, 4) is 0 Å². The van der Waals surface area contributed by atoms with Gasteiger partial charge in [-0.15, -0.1) is 0 Å². The minimum Gasteiger partial charge on any atom is -0.396 e. The van der Waals surface area contributed by atoms with Crippen LogP contribution < -0.4 is 0 Å². The average molecular weight is 207 g/mol. The molecule has 0 aliphatic rings. The van der Waals surface area contributed by atoms with E-state index in [0.29, 0.717) is 0 Å². The molecule has 0 aliphatic carbocycles. The zero-order chi connectivity index (χ0) is 11.0. The molecule has 1 unspecified atom stereocenters. The summed E-state index contributed by atoms with van der Waals surface area (Å²) in [5.41, 5.74) is 2.02. The third kappa shape index (κ3) is 1.63. The zero-order valence-electron chi connectivity index (χ0n) is 8.87. The molecule has 2 nitrogen and oxygen atoms in total. The van der Waals surface area contributed by atoms with E-state index in [1.165, 1.54) is 12.1 Å². The number of benzene rings is 1. The first-order valence-corrected chi connectivity index (χ1v) is 4.99. The summed E-state index contributed by atoms with van der Waals surface area (Å²) in [6.45, 7) is 2.05. The highest BCUT2D eigenvalue weighted by Crippen LogP contribution is 2.24. The van der Waals surface area contributed by atoms with Gasteiger partial charge in [-0.2, -0.15) is 0 Å². The van der Waals surface area contributed by atoms with Crippen molar-refractivity contribution >= 4 is 10.9 Å². The third-order valence-corrected chi connectivity index (χ3v) is 2.82. The maximum Gasteiger partial charge on any atom is 0.123 e. The highest BCUT2D eigenvalue weighted by Gasteiger charge is 2.11. The molecule has 1 atom stereocenters. The lowest BCUT2D eigenvalue weighted by Crippen LogP contribution is -2.04. The Kier molecular flexibility index (Phi) is 2.49. The lowest BCUT2D eigenvalue weighted by molar-refractivity contribution is 0.269. The predicted octanol–water partition coefficient (Wildman–Crippen LogP) is 2.41. The van der Waals surface area contributed by atoms with E-state index in [-0.39, 0.29) is 18.3 Å². The van der Waals surface area contributed by atoms with Gasteiger partial charge < -0.3 is 9.67 Å². The van der Waals surface area contributed by atoms with Crippen molar-refractivity contribution in [3.63, 3.8) is 0 Å². The largest absolute Gasteiger partial charge is 0.396 e. The monoisotopic (exact) mass is 207 g/mol. The van der Waals surface area contributed by atoms with Gasteiger partial charge in [-0.25, -0.2) is 4.39 Å². The molecule has 15 heavy (non-hydrogen) atoms. The van der Waals surface area contributed by atoms with Crippen LogP contribution in [0.3, 0.4) is 0 Å². The summed E-state index contributed by atoms with van der Waals surface area (Å²) in [6, 6.07) is 6.66. The fraction of sp³-hybridized carbons (Fsp3) is 0.333. The average Bonchev–Trinajstić information content (AvgIpc) is 2.54. The maximum atomic E-state index is 13.0. The van der Waals surface area contributed by atoms with Gasteiger partial charge in [-0.3, -0.25) is 0 Å². The van der Waals surface area contributed by atoms with E-state index in [0.717, 1.165) is 16.6 Å². The lowest BCUT2D eigenvalue weighted by atomic mass is 10.1. The summed E-state index contributed by atoms with van der Waals surface area (Å²) in [4.78, 5) is 0. The van der Waals surface area contributed by atoms with Crippen molar-refractivity contribution in [1.82, 2.24) is 4.57 Å². The van der Waals surface area contributed by atoms with Gasteiger partial charge in [0.05, 0.1) is 6.61 Å². The smallest absolute Gasteiger partial charge is 0.123 e. The van der Waals surface area contributed by atoms with E-state index in [9.17, 15) is 4.39 Å². The number of aryl methyl sites for hydroxylation is 1. The summed E-state index contributed by atoms with van der Waals surface area (Å²) >= 11 is 0. The van der Waals surface area contributed by atoms with E-state index in [1.807, 2.05) is 24.6 Å². The van der Waals surface area contributed by atoms with Crippen LogP contribution in [-0.4, -0.2) is 16.3 Å². The molecule has 2 rings (SSSR count). The van der Waals surface area contributed by atoms with Gasteiger partial charge in [0.25, 0.3) is 0 Å². The van der Waals surface area contributed by atoms with Crippen LogP contribution in [-0.2, 0) is 7.05 Å². The number of aliphatic hydroxyl groups is 1. The SMILES string of the molecule is CC(CO)c1cc2cc(F)ccc2n1C. The van der Waals surface area contributed by atoms with Crippen molar-refractivity contribution in [1.29, 1.82) is 0 Å². The molecule has 3 heteroatoms. The van der Waals surface area contributed by atoms with Gasteiger partial charge in [0.2, 0.25) is 0 Å². The van der Waals surface area contributed by atoms with Gasteiger partial charge in [0.15, 0.2) is 0 Å². The first-order chi connectivity index (χ1) is 7.13. The van der Waals surface area contributed by atoms with Crippen molar-refractivity contribution in [2.75, 3.05) is 6.61 Å². The molecular weight excluding hydrogens is 193 g/mol. The van der Waals surface area contributed by atoms with Gasteiger partial charge in [-0.1, -0.05) is 6.92 Å². The second-order valence-electron chi connectivity index (χ2n) is 3.91. The van der Waals surface area contributed by atoms with E-state index >= 15 is 0 Å². The fourth-order valence-corrected chi connectivity index (χ4v) is 1.91. The molecule has 1 N–H and O–H groups in total. The van der Waals surface area contributed by atoms with Crippen LogP contribution in [0.25, 0.3) is 10.9 Å². The van der Waals surface area contributed by atoms with Crippen molar-refractivity contribution in [2.45, 2.75) is 12.8 Å². The minimum atomic E-state index is -0.226. The molecule has 80 valence electrons. The highest BCUT2D eigenvalue weighted by molar-refractivity contribution is 5.81. The summed E-state index contributed by atoms with van der Waals surface area (Å²) in [5, 5.41) is 9.99. The first-order valence-electron chi connectivity index (χ1n) is 4.99. The quantitative estimate of drug-likeness (QED) is 0.803. The molecule has 0 fully saturated rings. The fourth-order valence-electron chi connectivity index (χ4n) is 1.91. The van der Waals surface area contributed by atoms with E-state index in [1.54, 1.807) is 6.07 Å². The normalized spacial score (nSPS) is 13.3. The Balaban J connectivity index is 2.63. The van der Waals surface area contributed by atoms with Crippen LogP contribution in [0.1, 0.15) is 18.5 Å². The molecule has 0 saturated heterocycles. The number of hydrogen-bond donors (Lipinski definition) is 1. The predicted molar refractivity (Wildman–Crippen MR) is 58.4 cm³/mol. The third-order valence-electron chi connectivity index (χ3n) is 2.82. The van der Waals surface area contributed by atoms with Gasteiger partial charge >= 0.3 is 0 Å². The van der Waals surface area contributed by atoms with Gasteiger partial charge in [0.1, 0.15) is 5.82 Å². The second-order valence-corrected chi connectivity index (χ2v) is 3.91. The van der Waals surface area contributed by atoms with Crippen LogP contribution in [0.5, 0.6) is 0 Å². The molecule has 0 amide bonds. The number of fused-ring (bicyclic) bond motifs is 1. The van der Waals surface area contributed by atoms with Crippen LogP contribution in [0.15, 0.2) is 24.3 Å². The Morgan fingerprint density at radius 2 is 2.13 bits per heavy atom. The minimum absolute atomic E-state index is 0.0745. The van der Waals surface area contributed by atoms with E-state index < -0.39 is 0 Å². The van der Waals surface area contributed by atoms with Crippen LogP contribution in [0, 0.1) is 5.82 Å². The van der Waals surface area contributed by atoms with Crippen LogP contribution in [0.4, 0.5) is 4.39 Å². The molecule has 0 saturated carbocycles. The number of hydrogen-bond acceptors (Lipinski definition) is 1. The Morgan fingerprint density at radius 3 is 2.80 bits per heavy atom. The Bertz CT molecular complexity index is 490. The molecule has 1 aromatic carbocycles. The Morgan fingerprint density at radius 1 is 1.40 bits per heavy atom. The topological polar surface area (TPSA) is 25.2 Å². The Hall–Kier alpha value is -1.35. The van der Waals surface area contributed by atoms with E-state index in [4.69, 9.17) is 5.11 Å². The molecule has 2 aromatic rings. The molecule has 0 spiro atoms. The molecule has 0 radical (unpaired) electrons. The van der Waals surface area contributed by atoms with Crippen molar-refractivity contribution in [2.24, 2.45) is 7.05 Å². The lowest BCUT2D eigenvalue weighted by Gasteiger charge is -2.09. The van der Waals surface area contributed by atoms with Crippen molar-refractivity contribution in [3.05, 3.63) is 35.8 Å². The molecule has 0 aliphatic heterocycles. The molecular formula is C12H14FNO. The number of nitrogens with zero attached hydrogens (tertiary/aromatic N) is 1. The highest BCUT2D eigenvalue weighted by atomic mass is 19.1. The molecule has 1 aromatic heterocycles. The second kappa shape index (κ2) is 3.66. The number of halogens is 1. The molecule has 1 heterocycles. The van der Waals surface area contributed by atoms with Gasteiger partial charge in [0, 0.05) is 29.6 Å². The van der Waals surface area contributed by atoms with Gasteiger partial charge in [-0.05, 0) is 24.3 Å². The molecule has 0 bridgehead atoms. The maximum absolute atomic E-state index is 13.0. The van der Waals surface area contributed by atoms with Crippen LogP contribution >= 0.6 is 0 Å². The summed E-state index contributed by atoms with van der Waals surface area (Å²) in [6.07, 6.45) is 0. The number of rotatable bonds is 2.